The van der Waals surface area contributed by atoms with Crippen LogP contribution in [-0.4, -0.2) is 17.0 Å². The molecule has 0 aliphatic heterocycles. The molecule has 0 aliphatic carbocycles. The number of furan rings is 1. The molecule has 0 radical (unpaired) electrons. The maximum absolute atomic E-state index is 11.8. The molecule has 0 saturated carbocycles. The highest BCUT2D eigenvalue weighted by Crippen LogP contribution is 2.25. The minimum atomic E-state index is -1.08. The first-order valence-corrected chi connectivity index (χ1v) is 6.12. The van der Waals surface area contributed by atoms with Crippen LogP contribution >= 0.6 is 27.3 Å². The summed E-state index contributed by atoms with van der Waals surface area (Å²) in [4.78, 5) is 22.6. The van der Waals surface area contributed by atoms with E-state index in [1.807, 2.05) is 0 Å². The molecule has 0 atom stereocenters. The topological polar surface area (TPSA) is 79.5 Å². The Kier molecular flexibility index (Phi) is 3.30. The monoisotopic (exact) mass is 315 g/mol. The van der Waals surface area contributed by atoms with Crippen LogP contribution in [0.25, 0.3) is 0 Å². The molecule has 0 bridgehead atoms. The smallest absolute Gasteiger partial charge is 0.338 e. The van der Waals surface area contributed by atoms with Crippen LogP contribution in [0.5, 0.6) is 0 Å². The Morgan fingerprint density at radius 2 is 2.12 bits per heavy atom. The normalized spacial score (nSPS) is 10.2. The van der Waals surface area contributed by atoms with Crippen LogP contribution in [0.15, 0.2) is 32.9 Å². The highest BCUT2D eigenvalue weighted by Gasteiger charge is 2.17. The van der Waals surface area contributed by atoms with Crippen molar-refractivity contribution >= 4 is 44.1 Å². The molecule has 0 fully saturated rings. The summed E-state index contributed by atoms with van der Waals surface area (Å²) < 4.78 is 5.23. The molecule has 2 rings (SSSR count). The van der Waals surface area contributed by atoms with Gasteiger partial charge in [-0.05, 0) is 33.4 Å². The summed E-state index contributed by atoms with van der Waals surface area (Å²) in [5.74, 6) is -1.50. The predicted octanol–water partition coefficient (Wildman–Crippen LogP) is 3.05. The van der Waals surface area contributed by atoms with Crippen LogP contribution in [0.3, 0.4) is 0 Å². The van der Waals surface area contributed by atoms with Gasteiger partial charge < -0.3 is 14.8 Å². The standard InChI is InChI=1S/C10H6BrNO4S/c11-7-5(1-3-16-7)8(13)12-9-6(10(14)15)2-4-17-9/h1-4H,(H,12,13)(H,14,15). The highest BCUT2D eigenvalue weighted by atomic mass is 79.9. The number of aromatic carboxylic acids is 1. The number of hydrogen-bond acceptors (Lipinski definition) is 4. The van der Waals surface area contributed by atoms with Crippen LogP contribution in [-0.2, 0) is 0 Å². The molecular formula is C10H6BrNO4S. The molecule has 2 aromatic heterocycles. The van der Waals surface area contributed by atoms with Crippen molar-refractivity contribution in [3.05, 3.63) is 39.6 Å². The zero-order chi connectivity index (χ0) is 12.4. The number of carbonyl (C=O) groups is 2. The number of hydrogen-bond donors (Lipinski definition) is 2. The molecule has 0 aliphatic rings. The molecule has 2 N–H and O–H groups in total. The third-order valence-corrected chi connectivity index (χ3v) is 3.43. The average molecular weight is 316 g/mol. The van der Waals surface area contributed by atoms with Gasteiger partial charge in [-0.2, -0.15) is 0 Å². The number of carbonyl (C=O) groups excluding carboxylic acids is 1. The van der Waals surface area contributed by atoms with E-state index in [2.05, 4.69) is 21.2 Å². The maximum atomic E-state index is 11.8. The van der Waals surface area contributed by atoms with E-state index in [0.29, 0.717) is 15.2 Å². The van der Waals surface area contributed by atoms with Gasteiger partial charge in [0.15, 0.2) is 4.67 Å². The van der Waals surface area contributed by atoms with E-state index in [-0.39, 0.29) is 5.56 Å². The lowest BCUT2D eigenvalue weighted by Gasteiger charge is -2.02. The van der Waals surface area contributed by atoms with Crippen molar-refractivity contribution in [3.8, 4) is 0 Å². The number of carboxylic acid groups (broad SMARTS) is 1. The molecule has 7 heteroatoms. The highest BCUT2D eigenvalue weighted by molar-refractivity contribution is 9.10. The predicted molar refractivity (Wildman–Crippen MR) is 65.6 cm³/mol. The number of nitrogens with one attached hydrogen (secondary N) is 1. The molecule has 17 heavy (non-hydrogen) atoms. The number of amides is 1. The van der Waals surface area contributed by atoms with Crippen molar-refractivity contribution in [2.75, 3.05) is 5.32 Å². The number of rotatable bonds is 3. The van der Waals surface area contributed by atoms with Gasteiger partial charge in [-0.25, -0.2) is 4.79 Å². The van der Waals surface area contributed by atoms with E-state index < -0.39 is 11.9 Å². The Morgan fingerprint density at radius 1 is 1.35 bits per heavy atom. The Bertz CT molecular complexity index is 574. The Labute approximate surface area is 108 Å². The Morgan fingerprint density at radius 3 is 2.71 bits per heavy atom. The van der Waals surface area contributed by atoms with E-state index in [0.717, 1.165) is 11.3 Å². The van der Waals surface area contributed by atoms with Crippen molar-refractivity contribution in [1.82, 2.24) is 0 Å². The molecule has 2 heterocycles. The minimum absolute atomic E-state index is 0.0722. The second-order valence-corrected chi connectivity index (χ2v) is 4.67. The van der Waals surface area contributed by atoms with Gasteiger partial charge in [-0.3, -0.25) is 4.79 Å². The summed E-state index contributed by atoms with van der Waals surface area (Å²) in [6.07, 6.45) is 1.37. The van der Waals surface area contributed by atoms with E-state index in [1.165, 1.54) is 18.4 Å². The van der Waals surface area contributed by atoms with Gasteiger partial charge in [-0.1, -0.05) is 0 Å². The SMILES string of the molecule is O=C(Nc1sccc1C(=O)O)c1ccoc1Br. The largest absolute Gasteiger partial charge is 0.478 e. The fourth-order valence-electron chi connectivity index (χ4n) is 1.20. The summed E-state index contributed by atoms with van der Waals surface area (Å²) in [5, 5.41) is 13.3. The summed E-state index contributed by atoms with van der Waals surface area (Å²) >= 11 is 4.23. The first-order chi connectivity index (χ1) is 8.09. The number of halogens is 1. The van der Waals surface area contributed by atoms with Crippen LogP contribution in [0.4, 0.5) is 5.00 Å². The molecule has 0 aromatic carbocycles. The third-order valence-electron chi connectivity index (χ3n) is 1.99. The second kappa shape index (κ2) is 4.72. The van der Waals surface area contributed by atoms with Gasteiger partial charge in [0, 0.05) is 0 Å². The zero-order valence-electron chi connectivity index (χ0n) is 8.27. The fourth-order valence-corrected chi connectivity index (χ4v) is 2.39. The Balaban J connectivity index is 2.22. The molecule has 0 unspecified atom stereocenters. The number of anilines is 1. The van der Waals surface area contributed by atoms with Crippen molar-refractivity contribution in [2.24, 2.45) is 0 Å². The first-order valence-electron chi connectivity index (χ1n) is 4.44. The molecule has 5 nitrogen and oxygen atoms in total. The molecule has 88 valence electrons. The van der Waals surface area contributed by atoms with Gasteiger partial charge in [0.2, 0.25) is 0 Å². The lowest BCUT2D eigenvalue weighted by atomic mass is 10.3. The minimum Gasteiger partial charge on any atom is -0.478 e. The summed E-state index contributed by atoms with van der Waals surface area (Å²) in [6.45, 7) is 0. The molecular weight excluding hydrogens is 310 g/mol. The number of thiophene rings is 1. The van der Waals surface area contributed by atoms with Crippen molar-refractivity contribution in [3.63, 3.8) is 0 Å². The average Bonchev–Trinajstić information content (AvgIpc) is 2.86. The van der Waals surface area contributed by atoms with Gasteiger partial charge in [0.1, 0.15) is 5.00 Å². The van der Waals surface area contributed by atoms with Crippen molar-refractivity contribution < 1.29 is 19.1 Å². The van der Waals surface area contributed by atoms with Gasteiger partial charge in [0.25, 0.3) is 5.91 Å². The Hall–Kier alpha value is -1.60. The van der Waals surface area contributed by atoms with Crippen LogP contribution in [0, 0.1) is 0 Å². The van der Waals surface area contributed by atoms with Gasteiger partial charge in [-0.15, -0.1) is 11.3 Å². The summed E-state index contributed by atoms with van der Waals surface area (Å²) in [6, 6.07) is 2.93. The van der Waals surface area contributed by atoms with E-state index in [1.54, 1.807) is 5.38 Å². The lowest BCUT2D eigenvalue weighted by molar-refractivity contribution is 0.0698. The number of carboxylic acids is 1. The van der Waals surface area contributed by atoms with Gasteiger partial charge >= 0.3 is 5.97 Å². The third kappa shape index (κ3) is 2.40. The zero-order valence-corrected chi connectivity index (χ0v) is 10.7. The van der Waals surface area contributed by atoms with Crippen LogP contribution in [0.1, 0.15) is 20.7 Å². The first kappa shape index (κ1) is 11.9. The summed E-state index contributed by atoms with van der Waals surface area (Å²) in [5.41, 5.74) is 0.387. The second-order valence-electron chi connectivity index (χ2n) is 3.03. The molecule has 0 saturated heterocycles. The fraction of sp³-hybridized carbons (Fsp3) is 0. The van der Waals surface area contributed by atoms with Crippen LogP contribution < -0.4 is 5.32 Å². The summed E-state index contributed by atoms with van der Waals surface area (Å²) in [7, 11) is 0. The maximum Gasteiger partial charge on any atom is 0.338 e. The molecule has 2 aromatic rings. The van der Waals surface area contributed by atoms with Crippen LogP contribution in [0.2, 0.25) is 0 Å². The molecule has 1 amide bonds. The lowest BCUT2D eigenvalue weighted by Crippen LogP contribution is -2.12. The quantitative estimate of drug-likeness (QED) is 0.912. The van der Waals surface area contributed by atoms with E-state index in [4.69, 9.17) is 9.52 Å². The van der Waals surface area contributed by atoms with Gasteiger partial charge in [0.05, 0.1) is 17.4 Å². The molecule has 0 spiro atoms. The van der Waals surface area contributed by atoms with Crippen molar-refractivity contribution in [2.45, 2.75) is 0 Å². The van der Waals surface area contributed by atoms with E-state index >= 15 is 0 Å². The van der Waals surface area contributed by atoms with Crippen molar-refractivity contribution in [1.29, 1.82) is 0 Å². The van der Waals surface area contributed by atoms with E-state index in [9.17, 15) is 9.59 Å².